The molecule has 0 radical (unpaired) electrons. The van der Waals surface area contributed by atoms with Crippen molar-refractivity contribution in [2.75, 3.05) is 0 Å². The Morgan fingerprint density at radius 2 is 2.11 bits per heavy atom. The standard InChI is InChI=1S/C10H15N5O2S/c1-6(2)3-8-12-7(15-17-8)5-18-10-14-13-9(4-11)16-10/h6H,3-5,11H2,1-2H3. The van der Waals surface area contributed by atoms with Crippen LogP contribution in [-0.4, -0.2) is 20.3 Å². The van der Waals surface area contributed by atoms with Gasteiger partial charge < -0.3 is 14.7 Å². The van der Waals surface area contributed by atoms with Gasteiger partial charge in [-0.1, -0.05) is 30.8 Å². The Morgan fingerprint density at radius 1 is 1.28 bits per heavy atom. The molecule has 0 saturated heterocycles. The summed E-state index contributed by atoms with van der Waals surface area (Å²) < 4.78 is 10.4. The molecule has 0 amide bonds. The van der Waals surface area contributed by atoms with Crippen LogP contribution in [-0.2, 0) is 18.7 Å². The van der Waals surface area contributed by atoms with Gasteiger partial charge in [-0.15, -0.1) is 10.2 Å². The van der Waals surface area contributed by atoms with Gasteiger partial charge in [-0.05, 0) is 5.92 Å². The predicted molar refractivity (Wildman–Crippen MR) is 64.6 cm³/mol. The molecule has 0 spiro atoms. The molecule has 2 aromatic heterocycles. The summed E-state index contributed by atoms with van der Waals surface area (Å²) in [7, 11) is 0. The molecule has 0 aliphatic rings. The van der Waals surface area contributed by atoms with Gasteiger partial charge in [0.1, 0.15) is 0 Å². The first kappa shape index (κ1) is 13.0. The van der Waals surface area contributed by atoms with Gasteiger partial charge >= 0.3 is 0 Å². The van der Waals surface area contributed by atoms with E-state index in [1.54, 1.807) is 0 Å². The fraction of sp³-hybridized carbons (Fsp3) is 0.600. The Kier molecular flexibility index (Phi) is 4.32. The zero-order chi connectivity index (χ0) is 13.0. The maximum absolute atomic E-state index is 5.37. The Morgan fingerprint density at radius 3 is 2.78 bits per heavy atom. The van der Waals surface area contributed by atoms with Crippen molar-refractivity contribution in [3.05, 3.63) is 17.6 Å². The molecule has 0 aliphatic carbocycles. The van der Waals surface area contributed by atoms with Crippen molar-refractivity contribution in [2.45, 2.75) is 37.8 Å². The van der Waals surface area contributed by atoms with E-state index in [0.29, 0.717) is 34.5 Å². The third kappa shape index (κ3) is 3.54. The van der Waals surface area contributed by atoms with Gasteiger partial charge in [-0.3, -0.25) is 0 Å². The predicted octanol–water partition coefficient (Wildman–Crippen LogP) is 1.40. The van der Waals surface area contributed by atoms with Gasteiger partial charge in [0.2, 0.25) is 11.8 Å². The zero-order valence-corrected chi connectivity index (χ0v) is 11.1. The quantitative estimate of drug-likeness (QED) is 0.785. The summed E-state index contributed by atoms with van der Waals surface area (Å²) in [4.78, 5) is 4.28. The molecule has 0 unspecified atom stereocenters. The summed E-state index contributed by atoms with van der Waals surface area (Å²) >= 11 is 1.36. The normalized spacial score (nSPS) is 11.3. The van der Waals surface area contributed by atoms with Gasteiger partial charge in [0.05, 0.1) is 12.3 Å². The molecule has 2 heterocycles. The number of hydrogen-bond donors (Lipinski definition) is 1. The lowest BCUT2D eigenvalue weighted by molar-refractivity contribution is 0.360. The van der Waals surface area contributed by atoms with Crippen LogP contribution < -0.4 is 5.73 Å². The summed E-state index contributed by atoms with van der Waals surface area (Å²) in [5, 5.41) is 12.0. The van der Waals surface area contributed by atoms with Crippen LogP contribution in [0.1, 0.15) is 31.5 Å². The highest BCUT2D eigenvalue weighted by molar-refractivity contribution is 7.98. The summed E-state index contributed by atoms with van der Waals surface area (Å²) in [5.74, 6) is 2.74. The van der Waals surface area contributed by atoms with Crippen LogP contribution in [0.3, 0.4) is 0 Å². The lowest BCUT2D eigenvalue weighted by Crippen LogP contribution is -1.95. The van der Waals surface area contributed by atoms with Gasteiger partial charge in [0, 0.05) is 6.42 Å². The lowest BCUT2D eigenvalue weighted by atomic mass is 10.1. The first-order chi connectivity index (χ1) is 8.67. The smallest absolute Gasteiger partial charge is 0.277 e. The van der Waals surface area contributed by atoms with Crippen LogP contribution in [0.2, 0.25) is 0 Å². The summed E-state index contributed by atoms with van der Waals surface area (Å²) in [6.07, 6.45) is 0.787. The van der Waals surface area contributed by atoms with E-state index < -0.39 is 0 Å². The van der Waals surface area contributed by atoms with Crippen molar-refractivity contribution >= 4 is 11.8 Å². The van der Waals surface area contributed by atoms with Gasteiger partial charge in [0.25, 0.3) is 5.22 Å². The van der Waals surface area contributed by atoms with Gasteiger partial charge in [-0.25, -0.2) is 0 Å². The molecule has 8 heteroatoms. The van der Waals surface area contributed by atoms with E-state index in [4.69, 9.17) is 14.7 Å². The van der Waals surface area contributed by atoms with Crippen molar-refractivity contribution in [2.24, 2.45) is 11.7 Å². The minimum absolute atomic E-state index is 0.244. The molecular formula is C10H15N5O2S. The fourth-order valence-corrected chi connectivity index (χ4v) is 1.91. The third-order valence-corrected chi connectivity index (χ3v) is 2.86. The van der Waals surface area contributed by atoms with E-state index in [1.807, 2.05) is 0 Å². The number of hydrogen-bond acceptors (Lipinski definition) is 8. The molecule has 2 aromatic rings. The van der Waals surface area contributed by atoms with Crippen LogP contribution in [0.15, 0.2) is 14.2 Å². The largest absolute Gasteiger partial charge is 0.415 e. The van der Waals surface area contributed by atoms with Crippen LogP contribution in [0.5, 0.6) is 0 Å². The van der Waals surface area contributed by atoms with Gasteiger partial charge in [-0.2, -0.15) is 4.98 Å². The number of thioether (sulfide) groups is 1. The molecule has 0 aromatic carbocycles. The van der Waals surface area contributed by atoms with E-state index in [2.05, 4.69) is 34.2 Å². The average Bonchev–Trinajstić information content (AvgIpc) is 2.94. The lowest BCUT2D eigenvalue weighted by Gasteiger charge is -1.95. The SMILES string of the molecule is CC(C)Cc1nc(CSc2nnc(CN)o2)no1. The highest BCUT2D eigenvalue weighted by atomic mass is 32.2. The minimum atomic E-state index is 0.244. The minimum Gasteiger partial charge on any atom is -0.415 e. The van der Waals surface area contributed by atoms with Crippen molar-refractivity contribution in [3.63, 3.8) is 0 Å². The molecular weight excluding hydrogens is 254 g/mol. The third-order valence-electron chi connectivity index (χ3n) is 2.04. The molecule has 0 saturated carbocycles. The highest BCUT2D eigenvalue weighted by Gasteiger charge is 2.11. The van der Waals surface area contributed by atoms with Crippen molar-refractivity contribution in [3.8, 4) is 0 Å². The van der Waals surface area contributed by atoms with E-state index in [0.717, 1.165) is 6.42 Å². The fourth-order valence-electron chi connectivity index (χ4n) is 1.29. The second-order valence-corrected chi connectivity index (χ2v) is 5.08. The van der Waals surface area contributed by atoms with Crippen LogP contribution in [0.4, 0.5) is 0 Å². The molecule has 2 N–H and O–H groups in total. The molecule has 18 heavy (non-hydrogen) atoms. The topological polar surface area (TPSA) is 104 Å². The van der Waals surface area contributed by atoms with E-state index in [9.17, 15) is 0 Å². The van der Waals surface area contributed by atoms with Crippen molar-refractivity contribution in [1.29, 1.82) is 0 Å². The molecule has 7 nitrogen and oxygen atoms in total. The Hall–Kier alpha value is -1.41. The second-order valence-electron chi connectivity index (χ2n) is 4.16. The Labute approximate surface area is 109 Å². The maximum atomic E-state index is 5.37. The number of rotatable bonds is 6. The first-order valence-electron chi connectivity index (χ1n) is 5.64. The molecule has 0 aliphatic heterocycles. The summed E-state index contributed by atoms with van der Waals surface area (Å²) in [5.41, 5.74) is 5.37. The molecule has 2 rings (SSSR count). The van der Waals surface area contributed by atoms with Crippen LogP contribution >= 0.6 is 11.8 Å². The molecule has 0 atom stereocenters. The van der Waals surface area contributed by atoms with Crippen LogP contribution in [0.25, 0.3) is 0 Å². The van der Waals surface area contributed by atoms with Gasteiger partial charge in [0.15, 0.2) is 5.82 Å². The van der Waals surface area contributed by atoms with E-state index >= 15 is 0 Å². The molecule has 98 valence electrons. The average molecular weight is 269 g/mol. The Balaban J connectivity index is 1.87. The molecule has 0 bridgehead atoms. The number of nitrogens with two attached hydrogens (primary N) is 1. The number of aromatic nitrogens is 4. The first-order valence-corrected chi connectivity index (χ1v) is 6.62. The second kappa shape index (κ2) is 5.96. The maximum Gasteiger partial charge on any atom is 0.277 e. The summed E-state index contributed by atoms with van der Waals surface area (Å²) in [6, 6.07) is 0. The van der Waals surface area contributed by atoms with E-state index in [-0.39, 0.29) is 6.54 Å². The number of nitrogens with zero attached hydrogens (tertiary/aromatic N) is 4. The van der Waals surface area contributed by atoms with Crippen molar-refractivity contribution in [1.82, 2.24) is 20.3 Å². The van der Waals surface area contributed by atoms with Crippen molar-refractivity contribution < 1.29 is 8.94 Å². The van der Waals surface area contributed by atoms with E-state index in [1.165, 1.54) is 11.8 Å². The summed E-state index contributed by atoms with van der Waals surface area (Å²) in [6.45, 7) is 4.45. The van der Waals surface area contributed by atoms with Crippen LogP contribution in [0, 0.1) is 5.92 Å². The highest BCUT2D eigenvalue weighted by Crippen LogP contribution is 2.20. The molecule has 0 fully saturated rings. The Bertz CT molecular complexity index is 496. The zero-order valence-electron chi connectivity index (χ0n) is 10.3. The monoisotopic (exact) mass is 269 g/mol.